The van der Waals surface area contributed by atoms with Gasteiger partial charge in [-0.05, 0) is 77.2 Å². The fourth-order valence-electron chi connectivity index (χ4n) is 17.1. The Balaban J connectivity index is 0.000000124. The second-order valence-corrected chi connectivity index (χ2v) is 49.0. The molecule has 30 atom stereocenters. The van der Waals surface area contributed by atoms with E-state index in [0.29, 0.717) is 33.6 Å². The number of anilines is 4. The molecule has 0 aromatic carbocycles. The van der Waals surface area contributed by atoms with Crippen molar-refractivity contribution in [3.05, 3.63) is 136 Å². The summed E-state index contributed by atoms with van der Waals surface area (Å²) in [5.74, 6) is -0.296. The van der Waals surface area contributed by atoms with Crippen LogP contribution >= 0.6 is 52.6 Å². The number of ether oxygens (including phenoxy) is 6. The first-order valence-corrected chi connectivity index (χ1v) is 56.6. The van der Waals surface area contributed by atoms with Gasteiger partial charge in [-0.3, -0.25) is 88.2 Å². The lowest BCUT2D eigenvalue weighted by Crippen LogP contribution is -2.36. The van der Waals surface area contributed by atoms with E-state index in [9.17, 15) is 63.5 Å². The molecule has 9 fully saturated rings. The lowest BCUT2D eigenvalue weighted by atomic mass is 10.1. The number of carbonyl (C=O) groups is 1. The first kappa shape index (κ1) is 97.1. The second-order valence-electron chi connectivity index (χ2n) is 32.1. The zero-order valence-corrected chi connectivity index (χ0v) is 79.9. The molecule has 10 aliphatic rings. The first-order valence-electron chi connectivity index (χ1n) is 40.9. The van der Waals surface area contributed by atoms with Gasteiger partial charge < -0.3 is 113 Å². The minimum absolute atomic E-state index is 0.0173. The normalized spacial score (nSPS) is 37.4. The number of aromatic nitrogens is 21. The van der Waals surface area contributed by atoms with Crippen LogP contribution in [0.3, 0.4) is 0 Å². The standard InChI is InChI=1S/C23H24FN9O11P2S2.C23H24FN9O10P2S2.C22H24FN7O10P2S2/c24-12-16-10(42-21(12)32-6-27-13-8(25)1-2-26-18(13)32)5-40-46(38,48)44-17-15(35)9(4-39-45(37,47)43-16)41-22(17)33-7-28-14-19(33)30-23-29-11(34)3-31(23)20(14)36;24-12-16-11(41-21(12)32-7-28-13-9(25)1-2-26-18(13)32)6-39-45(37,47)43-17-15(34)10(5-38-44(36,46)42-16)40-22(17)33-8-29-14-19(33)30-23-27-3-4-31(23)20(14)35;23-14-17-13(38-21(14)28-9-27-15-10(24)1-3-25-20(15)28)8-36-42(34,44)40-18-16(32)12(7-35-41(33,43)39-17)37-22(18)30-5-2-11(31)19-26-4-6-29(19)30/h1-2,6-7,9-10,12,15-17,21-22,35H,3-5H2,(H2,25,26)(H,37,47)(H,38,48)(H,29,30,34);1-4,7-8,10-12,15-17,21-22,34H,5-6H2,(H2,25,26)(H,27,30)(H,36,46)(H,37,47);1-6,9,12-14,16-18,21-22,32H,7-8H2,(H2,24,25)(H,33,43)(H,34,44)/t9-,10-,12+,15-,16-,17-,21-,22-,45?,46?;10-,11-,12+,15-,16-,17-,21-,22-,44?,45?;12-,13-,14+,16-,17-,18-,21-,22-,41?,42?/m111/s1. The highest BCUT2D eigenvalue weighted by Crippen LogP contribution is 2.61. The molecule has 10 aliphatic heterocycles. The molecule has 0 saturated carbocycles. The number of carbonyl (C=O) groups excluding carboxylic acids is 1. The minimum Gasteiger partial charge on any atom is -0.397 e. The third-order valence-electron chi connectivity index (χ3n) is 23.6. The van der Waals surface area contributed by atoms with Crippen LogP contribution in [0.1, 0.15) is 37.4 Å². The van der Waals surface area contributed by atoms with Crippen LogP contribution in [-0.4, -0.2) is 296 Å². The van der Waals surface area contributed by atoms with Crippen molar-refractivity contribution in [1.29, 1.82) is 0 Å². The van der Waals surface area contributed by atoms with Gasteiger partial charge in [0.1, 0.15) is 120 Å². The highest BCUT2D eigenvalue weighted by atomic mass is 32.7. The monoisotopic (exact) mass is 2170 g/mol. The lowest BCUT2D eigenvalue weighted by Gasteiger charge is -2.28. The fraction of sp³-hybridized carbons (Fsp3) is 0.456. The lowest BCUT2D eigenvalue weighted by molar-refractivity contribution is -0.115. The summed E-state index contributed by atoms with van der Waals surface area (Å²) < 4.78 is 176. The van der Waals surface area contributed by atoms with E-state index in [2.05, 4.69) is 77.4 Å². The summed E-state index contributed by atoms with van der Waals surface area (Å²) in [7, 11) is 0. The number of aliphatic hydroxyl groups is 3. The fourth-order valence-corrected chi connectivity index (χ4v) is 25.7. The Morgan fingerprint density at radius 2 is 0.784 bits per heavy atom. The maximum absolute atomic E-state index is 16.1. The molecule has 71 heteroatoms. The zero-order valence-electron chi connectivity index (χ0n) is 69.6. The van der Waals surface area contributed by atoms with Gasteiger partial charge in [-0.25, -0.2) is 76.5 Å². The summed E-state index contributed by atoms with van der Waals surface area (Å²) >= 11 is 30.2. The molecule has 6 unspecified atom stereocenters. The van der Waals surface area contributed by atoms with Crippen molar-refractivity contribution in [1.82, 2.24) is 101 Å². The van der Waals surface area contributed by atoms with Crippen molar-refractivity contribution in [3.63, 3.8) is 0 Å². The quantitative estimate of drug-likeness (QED) is 0.0798. The number of alkyl halides is 3. The number of rotatable bonds is 6. The minimum atomic E-state index is -4.42. The molecule has 6 bridgehead atoms. The Kier molecular flexibility index (Phi) is 25.8. The van der Waals surface area contributed by atoms with Crippen molar-refractivity contribution in [2.45, 2.75) is 154 Å². The molecule has 139 heavy (non-hydrogen) atoms. The van der Waals surface area contributed by atoms with Crippen molar-refractivity contribution in [2.24, 2.45) is 0 Å². The number of halogens is 3. The number of fused-ring (bicyclic) bond motifs is 17. The molecule has 0 radical (unpaired) electrons. The van der Waals surface area contributed by atoms with Gasteiger partial charge >= 0.3 is 40.4 Å². The molecular weight excluding hydrogens is 2100 g/mol. The number of nitrogens with zero attached hydrogens (tertiary/aromatic N) is 20. The highest BCUT2D eigenvalue weighted by molar-refractivity contribution is 8.44. The third kappa shape index (κ3) is 18.2. The number of H-pyrrole nitrogens is 1. The number of hydrogen-bond donors (Lipinski definition) is 14. The number of nitrogen functional groups attached to an aromatic ring is 3. The number of aromatic amines is 1. The Morgan fingerprint density at radius 3 is 1.26 bits per heavy atom. The molecule has 13 aromatic rings. The van der Waals surface area contributed by atoms with Crippen LogP contribution in [0, 0.1) is 0 Å². The summed E-state index contributed by atoms with van der Waals surface area (Å²) in [5.41, 5.74) is 19.0. The van der Waals surface area contributed by atoms with Crippen LogP contribution in [0.2, 0.25) is 0 Å². The molecule has 23 heterocycles. The second kappa shape index (κ2) is 36.9. The number of nitrogens with one attached hydrogen (secondary N) is 2. The number of amides is 1. The summed E-state index contributed by atoms with van der Waals surface area (Å²) in [6.07, 6.45) is -17.8. The molecule has 742 valence electrons. The van der Waals surface area contributed by atoms with E-state index in [1.54, 1.807) is 0 Å². The summed E-state index contributed by atoms with van der Waals surface area (Å²) in [5, 5.41) is 36.1. The molecule has 9 saturated heterocycles. The van der Waals surface area contributed by atoms with Gasteiger partial charge in [0, 0.05) is 55.6 Å². The average Bonchev–Trinajstić information content (AvgIpc) is 1.59. The Bertz CT molecular complexity index is 7580. The number of thiol groups is 1. The summed E-state index contributed by atoms with van der Waals surface area (Å²) in [6.45, 7) is -29.4. The Labute approximate surface area is 801 Å². The maximum Gasteiger partial charge on any atom is 0.386 e. The van der Waals surface area contributed by atoms with Crippen molar-refractivity contribution in [2.75, 3.05) is 62.2 Å². The topological polar surface area (TPSA) is 704 Å². The van der Waals surface area contributed by atoms with E-state index >= 15 is 13.2 Å². The SMILES string of the molecule is Nc1ccnc2c1ncn2[C@@H]1O[C@@H]2COP(O)(=S)O[C@@H]3[C@H](O)[C@@H](COP(=O)(S)O[C@H]2[C@@H]1F)O[C@H]3n1cnc2c(=O)n3c(nc21)NC(=O)C3.Nc1ccnc2c1ncn2[C@@H]1O[C@@H]2COP(O)(=S)O[C@@H]3[C@H](O)[C@@H](COP(O)(=S)O[C@H]2[C@@H]1F)O[C@H]3n1ccc(=O)c2nccn21.Nc1ccnc2c1ncn2[C@@H]1O[C@@H]2COP(O)(=S)O[C@@H]3[C@H](O)[C@@H](COP(O)(=S)O[C@H]2[C@@H]1F)O[C@H]3n1cnc2c(=O)n3ccnc3[nH]c21. The van der Waals surface area contributed by atoms with E-state index in [1.165, 1.54) is 142 Å². The van der Waals surface area contributed by atoms with E-state index in [4.69, 9.17) is 159 Å². The van der Waals surface area contributed by atoms with Crippen molar-refractivity contribution in [3.8, 4) is 0 Å². The van der Waals surface area contributed by atoms with E-state index < -0.39 is 244 Å². The molecular formula is C68H72F3N25O31P6S6. The first-order chi connectivity index (χ1) is 66.1. The van der Waals surface area contributed by atoms with Gasteiger partial charge in [-0.2, -0.15) is 4.98 Å². The summed E-state index contributed by atoms with van der Waals surface area (Å²) in [4.78, 5) is 154. The van der Waals surface area contributed by atoms with E-state index in [1.807, 2.05) is 0 Å². The highest BCUT2D eigenvalue weighted by Gasteiger charge is 2.59. The van der Waals surface area contributed by atoms with Crippen LogP contribution in [0.25, 0.3) is 67.2 Å². The molecule has 13 aromatic heterocycles. The average molecular weight is 2170 g/mol. The molecule has 56 nitrogen and oxygen atoms in total. The van der Waals surface area contributed by atoms with Crippen LogP contribution in [0.5, 0.6) is 0 Å². The molecule has 1 amide bonds. The van der Waals surface area contributed by atoms with Gasteiger partial charge in [-0.15, -0.1) is 0 Å². The smallest absolute Gasteiger partial charge is 0.386 e. The van der Waals surface area contributed by atoms with E-state index in [0.717, 1.165) is 4.57 Å². The van der Waals surface area contributed by atoms with Crippen LogP contribution in [0.15, 0.2) is 120 Å². The Hall–Kier alpha value is -8.03. The van der Waals surface area contributed by atoms with Crippen LogP contribution in [0.4, 0.5) is 36.2 Å². The van der Waals surface area contributed by atoms with Gasteiger partial charge in [0.25, 0.3) is 11.1 Å². The summed E-state index contributed by atoms with van der Waals surface area (Å²) in [6, 6.07) is 5.83. The van der Waals surface area contributed by atoms with Crippen molar-refractivity contribution < 1.29 is 145 Å². The van der Waals surface area contributed by atoms with Gasteiger partial charge in [0.05, 0.1) is 88.3 Å². The zero-order chi connectivity index (χ0) is 97.5. The molecule has 0 aliphatic carbocycles. The molecule has 0 spiro atoms. The van der Waals surface area contributed by atoms with Gasteiger partial charge in [-0.1, -0.05) is 12.2 Å². The Morgan fingerprint density at radius 1 is 0.410 bits per heavy atom. The molecule has 23 rings (SSSR count). The number of nitrogens with two attached hydrogens (primary N) is 3. The van der Waals surface area contributed by atoms with Crippen molar-refractivity contribution >= 4 is 208 Å². The van der Waals surface area contributed by atoms with Crippen LogP contribution in [-0.2, 0) is 158 Å². The molecule has 16 N–H and O–H groups in total. The number of pyridine rings is 3. The maximum atomic E-state index is 16.1. The van der Waals surface area contributed by atoms with E-state index in [-0.39, 0.29) is 68.6 Å². The third-order valence-corrected chi connectivity index (χ3v) is 33.0. The number of imidazole rings is 7. The number of hydrogen-bond acceptors (Lipinski definition) is 45. The number of aliphatic hydroxyl groups excluding tert-OH is 3. The van der Waals surface area contributed by atoms with Gasteiger partial charge in [0.2, 0.25) is 23.1 Å². The van der Waals surface area contributed by atoms with Crippen LogP contribution < -0.4 is 39.1 Å². The largest absolute Gasteiger partial charge is 0.397 e. The predicted molar refractivity (Wildman–Crippen MR) is 485 cm³/mol. The predicted octanol–water partition coefficient (Wildman–Crippen LogP) is 0.550. The van der Waals surface area contributed by atoms with Gasteiger partial charge in [0.15, 0.2) is 95.2 Å².